The van der Waals surface area contributed by atoms with Crippen molar-refractivity contribution >= 4 is 23.4 Å². The number of halogens is 2. The minimum absolute atomic E-state index is 0.310. The summed E-state index contributed by atoms with van der Waals surface area (Å²) >= 11 is 7.03. The molecule has 16 heavy (non-hydrogen) atoms. The van der Waals surface area contributed by atoms with Gasteiger partial charge in [0.25, 0.3) is 0 Å². The fraction of sp³-hybridized carbons (Fsp3) is 0.222. The molecule has 0 spiro atoms. The molecule has 0 bridgehead atoms. The van der Waals surface area contributed by atoms with Gasteiger partial charge < -0.3 is 0 Å². The van der Waals surface area contributed by atoms with Crippen molar-refractivity contribution in [2.75, 3.05) is 0 Å². The van der Waals surface area contributed by atoms with Crippen molar-refractivity contribution in [3.05, 3.63) is 34.6 Å². The van der Waals surface area contributed by atoms with Crippen LogP contribution in [0.2, 0.25) is 5.02 Å². The third-order valence-electron chi connectivity index (χ3n) is 1.95. The van der Waals surface area contributed by atoms with Crippen LogP contribution in [0.4, 0.5) is 4.39 Å². The molecule has 0 aliphatic carbocycles. The molecular formula is C9H8ClFN4S. The van der Waals surface area contributed by atoms with E-state index in [1.807, 2.05) is 0 Å². The number of thioether (sulfide) groups is 1. The molecule has 0 fully saturated rings. The van der Waals surface area contributed by atoms with Crippen molar-refractivity contribution < 1.29 is 4.39 Å². The normalized spacial score (nSPS) is 10.7. The maximum Gasteiger partial charge on any atom is 0.209 e. The molecule has 0 aliphatic heterocycles. The van der Waals surface area contributed by atoms with E-state index in [0.717, 1.165) is 0 Å². The summed E-state index contributed by atoms with van der Waals surface area (Å²) in [5, 5.41) is 12.0. The summed E-state index contributed by atoms with van der Waals surface area (Å²) in [6.45, 7) is 0. The number of nitrogens with zero attached hydrogens (tertiary/aromatic N) is 4. The predicted molar refractivity (Wildman–Crippen MR) is 59.8 cm³/mol. The minimum Gasteiger partial charge on any atom is -0.224 e. The first kappa shape index (κ1) is 11.3. The Hall–Kier alpha value is -1.14. The highest BCUT2D eigenvalue weighted by Gasteiger charge is 2.07. The number of rotatable bonds is 3. The van der Waals surface area contributed by atoms with Crippen LogP contribution in [0, 0.1) is 5.82 Å². The minimum atomic E-state index is -0.310. The standard InChI is InChI=1S/C9H8ClFN4S/c1-15-9(12-13-14-15)16-5-6-2-3-7(10)4-8(6)11/h2-4H,5H2,1H3. The average molecular weight is 259 g/mol. The zero-order chi connectivity index (χ0) is 11.5. The van der Waals surface area contributed by atoms with E-state index in [9.17, 15) is 4.39 Å². The smallest absolute Gasteiger partial charge is 0.209 e. The molecule has 0 radical (unpaired) electrons. The largest absolute Gasteiger partial charge is 0.224 e. The van der Waals surface area contributed by atoms with E-state index in [1.54, 1.807) is 23.9 Å². The van der Waals surface area contributed by atoms with Crippen LogP contribution in [0.1, 0.15) is 5.56 Å². The van der Waals surface area contributed by atoms with E-state index in [2.05, 4.69) is 15.5 Å². The molecule has 0 saturated carbocycles. The van der Waals surface area contributed by atoms with Gasteiger partial charge in [-0.2, -0.15) is 0 Å². The first-order chi connectivity index (χ1) is 7.66. The quantitative estimate of drug-likeness (QED) is 0.793. The van der Waals surface area contributed by atoms with Gasteiger partial charge in [-0.15, -0.1) is 5.10 Å². The molecule has 2 aromatic rings. The Bertz CT molecular complexity index is 502. The molecule has 4 nitrogen and oxygen atoms in total. The van der Waals surface area contributed by atoms with Gasteiger partial charge in [-0.25, -0.2) is 9.07 Å². The van der Waals surface area contributed by atoms with Crippen LogP contribution in [0.3, 0.4) is 0 Å². The zero-order valence-electron chi connectivity index (χ0n) is 8.39. The number of hydrogen-bond acceptors (Lipinski definition) is 4. The molecule has 0 aliphatic rings. The van der Waals surface area contributed by atoms with Crippen LogP contribution in [-0.2, 0) is 12.8 Å². The van der Waals surface area contributed by atoms with Crippen LogP contribution in [0.5, 0.6) is 0 Å². The van der Waals surface area contributed by atoms with Gasteiger partial charge in [-0.3, -0.25) is 0 Å². The van der Waals surface area contributed by atoms with Crippen molar-refractivity contribution in [3.63, 3.8) is 0 Å². The highest BCUT2D eigenvalue weighted by molar-refractivity contribution is 7.98. The maximum atomic E-state index is 13.4. The Labute approximate surface area is 101 Å². The topological polar surface area (TPSA) is 43.6 Å². The summed E-state index contributed by atoms with van der Waals surface area (Å²) in [6, 6.07) is 4.62. The molecule has 0 saturated heterocycles. The van der Waals surface area contributed by atoms with Crippen molar-refractivity contribution in [2.24, 2.45) is 7.05 Å². The van der Waals surface area contributed by atoms with E-state index < -0.39 is 0 Å². The Morgan fingerprint density at radius 3 is 2.94 bits per heavy atom. The first-order valence-electron chi connectivity index (χ1n) is 4.46. The number of aryl methyl sites for hydroxylation is 1. The van der Waals surface area contributed by atoms with E-state index in [-0.39, 0.29) is 5.82 Å². The molecule has 1 aromatic carbocycles. The second-order valence-corrected chi connectivity index (χ2v) is 4.49. The SMILES string of the molecule is Cn1nnnc1SCc1ccc(Cl)cc1F. The summed E-state index contributed by atoms with van der Waals surface area (Å²) in [4.78, 5) is 0. The second kappa shape index (κ2) is 4.80. The molecule has 1 heterocycles. The average Bonchev–Trinajstić information content (AvgIpc) is 2.63. The molecule has 1 aromatic heterocycles. The van der Waals surface area contributed by atoms with Gasteiger partial charge in [0.15, 0.2) is 0 Å². The third kappa shape index (κ3) is 2.51. The molecular weight excluding hydrogens is 251 g/mol. The van der Waals surface area contributed by atoms with Crippen molar-refractivity contribution in [3.8, 4) is 0 Å². The van der Waals surface area contributed by atoms with Crippen LogP contribution < -0.4 is 0 Å². The maximum absolute atomic E-state index is 13.4. The van der Waals surface area contributed by atoms with Gasteiger partial charge >= 0.3 is 0 Å². The van der Waals surface area contributed by atoms with E-state index >= 15 is 0 Å². The molecule has 0 amide bonds. The van der Waals surface area contributed by atoms with Gasteiger partial charge in [-0.05, 0) is 28.1 Å². The van der Waals surface area contributed by atoms with E-state index in [1.165, 1.54) is 17.8 Å². The zero-order valence-corrected chi connectivity index (χ0v) is 9.96. The summed E-state index contributed by atoms with van der Waals surface area (Å²) in [5.41, 5.74) is 0.581. The number of aromatic nitrogens is 4. The van der Waals surface area contributed by atoms with Crippen molar-refractivity contribution in [1.29, 1.82) is 0 Å². The Balaban J connectivity index is 2.08. The molecule has 0 atom stereocenters. The molecule has 7 heteroatoms. The fourth-order valence-electron chi connectivity index (χ4n) is 1.12. The number of hydrogen-bond donors (Lipinski definition) is 0. The lowest BCUT2D eigenvalue weighted by Gasteiger charge is -2.02. The second-order valence-electron chi connectivity index (χ2n) is 3.11. The third-order valence-corrected chi connectivity index (χ3v) is 3.25. The summed E-state index contributed by atoms with van der Waals surface area (Å²) < 4.78 is 15.0. The van der Waals surface area contributed by atoms with Gasteiger partial charge in [-0.1, -0.05) is 29.4 Å². The van der Waals surface area contributed by atoms with Gasteiger partial charge in [0.1, 0.15) is 5.82 Å². The lowest BCUT2D eigenvalue weighted by molar-refractivity contribution is 0.617. The Morgan fingerprint density at radius 2 is 2.31 bits per heavy atom. The van der Waals surface area contributed by atoms with Crippen LogP contribution in [0.25, 0.3) is 0 Å². The lowest BCUT2D eigenvalue weighted by atomic mass is 10.2. The predicted octanol–water partition coefficient (Wildman–Crippen LogP) is 2.29. The molecule has 0 N–H and O–H groups in total. The molecule has 2 rings (SSSR count). The summed E-state index contributed by atoms with van der Waals surface area (Å²) in [6.07, 6.45) is 0. The first-order valence-corrected chi connectivity index (χ1v) is 5.82. The highest BCUT2D eigenvalue weighted by atomic mass is 35.5. The highest BCUT2D eigenvalue weighted by Crippen LogP contribution is 2.22. The Kier molecular flexibility index (Phi) is 3.40. The molecule has 0 unspecified atom stereocenters. The molecule has 84 valence electrons. The van der Waals surface area contributed by atoms with E-state index in [4.69, 9.17) is 11.6 Å². The van der Waals surface area contributed by atoms with Crippen molar-refractivity contribution in [2.45, 2.75) is 10.9 Å². The monoisotopic (exact) mass is 258 g/mol. The Morgan fingerprint density at radius 1 is 1.50 bits per heavy atom. The summed E-state index contributed by atoms with van der Waals surface area (Å²) in [5.74, 6) is 0.159. The van der Waals surface area contributed by atoms with Crippen LogP contribution in [-0.4, -0.2) is 20.2 Å². The van der Waals surface area contributed by atoms with Gasteiger partial charge in [0, 0.05) is 17.8 Å². The van der Waals surface area contributed by atoms with Gasteiger partial charge in [0.05, 0.1) is 0 Å². The number of benzene rings is 1. The van der Waals surface area contributed by atoms with Crippen LogP contribution in [0.15, 0.2) is 23.4 Å². The fourth-order valence-corrected chi connectivity index (χ4v) is 2.12. The summed E-state index contributed by atoms with van der Waals surface area (Å²) in [7, 11) is 1.74. The van der Waals surface area contributed by atoms with Crippen molar-refractivity contribution in [1.82, 2.24) is 20.2 Å². The van der Waals surface area contributed by atoms with Gasteiger partial charge in [0.2, 0.25) is 5.16 Å². The van der Waals surface area contributed by atoms with Crippen LogP contribution >= 0.6 is 23.4 Å². The van der Waals surface area contributed by atoms with E-state index in [0.29, 0.717) is 21.5 Å². The lowest BCUT2D eigenvalue weighted by Crippen LogP contribution is -1.94. The number of tetrazole rings is 1.